The van der Waals surface area contributed by atoms with Gasteiger partial charge in [-0.3, -0.25) is 5.10 Å². The molecule has 2 rings (SSSR count). The molecule has 3 nitrogen and oxygen atoms in total. The van der Waals surface area contributed by atoms with Gasteiger partial charge in [-0.15, -0.1) is 0 Å². The van der Waals surface area contributed by atoms with E-state index in [1.54, 1.807) is 0 Å². The van der Waals surface area contributed by atoms with Gasteiger partial charge in [0.1, 0.15) is 0 Å². The minimum Gasteiger partial charge on any atom is -0.325 e. The number of aromatic nitrogens is 2. The van der Waals surface area contributed by atoms with Crippen molar-refractivity contribution in [3.8, 4) is 11.1 Å². The van der Waals surface area contributed by atoms with Crippen LogP contribution in [-0.2, 0) is 6.54 Å². The highest BCUT2D eigenvalue weighted by molar-refractivity contribution is 5.72. The van der Waals surface area contributed by atoms with E-state index in [1.807, 2.05) is 6.92 Å². The molecule has 17 heavy (non-hydrogen) atoms. The zero-order valence-corrected chi connectivity index (χ0v) is 10.9. The van der Waals surface area contributed by atoms with Crippen LogP contribution in [0.5, 0.6) is 0 Å². The first-order valence-corrected chi connectivity index (χ1v) is 5.86. The average molecular weight is 229 g/mol. The second kappa shape index (κ2) is 4.34. The summed E-state index contributed by atoms with van der Waals surface area (Å²) in [5, 5.41) is 7.27. The van der Waals surface area contributed by atoms with Gasteiger partial charge < -0.3 is 5.73 Å². The van der Waals surface area contributed by atoms with E-state index in [2.05, 4.69) is 43.1 Å². The van der Waals surface area contributed by atoms with Crippen molar-refractivity contribution in [3.05, 3.63) is 40.2 Å². The third-order valence-corrected chi connectivity index (χ3v) is 3.33. The lowest BCUT2D eigenvalue weighted by Gasteiger charge is -2.10. The number of H-pyrrole nitrogens is 1. The molecule has 0 bridgehead atoms. The molecule has 3 heteroatoms. The Morgan fingerprint density at radius 3 is 2.35 bits per heavy atom. The molecule has 0 unspecified atom stereocenters. The highest BCUT2D eigenvalue weighted by atomic mass is 15.1. The molecule has 0 spiro atoms. The predicted molar refractivity (Wildman–Crippen MR) is 70.9 cm³/mol. The molecule has 0 aliphatic heterocycles. The maximum atomic E-state index is 5.74. The topological polar surface area (TPSA) is 54.7 Å². The Bertz CT molecular complexity index is 553. The molecule has 90 valence electrons. The molecular formula is C14H19N3. The molecule has 0 fully saturated rings. The summed E-state index contributed by atoms with van der Waals surface area (Å²) >= 11 is 0. The van der Waals surface area contributed by atoms with Crippen LogP contribution < -0.4 is 5.73 Å². The zero-order valence-electron chi connectivity index (χ0n) is 10.9. The second-order valence-electron chi connectivity index (χ2n) is 4.63. The summed E-state index contributed by atoms with van der Waals surface area (Å²) in [4.78, 5) is 0. The summed E-state index contributed by atoms with van der Waals surface area (Å²) in [6.07, 6.45) is 0. The maximum Gasteiger partial charge on any atom is 0.0838 e. The van der Waals surface area contributed by atoms with Crippen molar-refractivity contribution in [2.45, 2.75) is 34.2 Å². The van der Waals surface area contributed by atoms with Crippen LogP contribution >= 0.6 is 0 Å². The van der Waals surface area contributed by atoms with Crippen LogP contribution in [0, 0.1) is 27.7 Å². The first-order valence-electron chi connectivity index (χ1n) is 5.86. The normalized spacial score (nSPS) is 10.9. The lowest BCUT2D eigenvalue weighted by molar-refractivity contribution is 0.939. The van der Waals surface area contributed by atoms with Gasteiger partial charge in [0.2, 0.25) is 0 Å². The largest absolute Gasteiger partial charge is 0.325 e. The molecule has 2 aromatic rings. The van der Waals surface area contributed by atoms with E-state index >= 15 is 0 Å². The Balaban J connectivity index is 2.68. The van der Waals surface area contributed by atoms with Crippen molar-refractivity contribution >= 4 is 0 Å². The van der Waals surface area contributed by atoms with Crippen LogP contribution in [0.3, 0.4) is 0 Å². The highest BCUT2D eigenvalue weighted by Gasteiger charge is 2.14. The van der Waals surface area contributed by atoms with Gasteiger partial charge in [0.25, 0.3) is 0 Å². The van der Waals surface area contributed by atoms with Crippen molar-refractivity contribution < 1.29 is 0 Å². The fourth-order valence-corrected chi connectivity index (χ4v) is 2.21. The first kappa shape index (κ1) is 11.9. The van der Waals surface area contributed by atoms with Crippen molar-refractivity contribution in [2.75, 3.05) is 0 Å². The molecule has 0 amide bonds. The number of rotatable bonds is 2. The molecule has 1 aromatic heterocycles. The third-order valence-electron chi connectivity index (χ3n) is 3.33. The Kier molecular flexibility index (Phi) is 3.03. The van der Waals surface area contributed by atoms with Crippen LogP contribution in [-0.4, -0.2) is 10.2 Å². The molecule has 0 saturated heterocycles. The number of nitrogens with zero attached hydrogens (tertiary/aromatic N) is 1. The van der Waals surface area contributed by atoms with E-state index in [-0.39, 0.29) is 0 Å². The summed E-state index contributed by atoms with van der Waals surface area (Å²) in [7, 11) is 0. The minimum atomic E-state index is 0.464. The van der Waals surface area contributed by atoms with Gasteiger partial charge in [0.05, 0.1) is 5.69 Å². The van der Waals surface area contributed by atoms with Crippen LogP contribution in [0.4, 0.5) is 0 Å². The summed E-state index contributed by atoms with van der Waals surface area (Å²) in [6, 6.07) is 4.44. The minimum absolute atomic E-state index is 0.464. The average Bonchev–Trinajstić information content (AvgIpc) is 2.65. The maximum absolute atomic E-state index is 5.74. The van der Waals surface area contributed by atoms with Gasteiger partial charge >= 0.3 is 0 Å². The van der Waals surface area contributed by atoms with Gasteiger partial charge in [0.15, 0.2) is 0 Å². The number of hydrogen-bond donors (Lipinski definition) is 2. The van der Waals surface area contributed by atoms with Gasteiger partial charge in [-0.25, -0.2) is 0 Å². The monoisotopic (exact) mass is 229 g/mol. The van der Waals surface area contributed by atoms with Crippen LogP contribution in [0.25, 0.3) is 11.1 Å². The molecular weight excluding hydrogens is 210 g/mol. The molecule has 0 atom stereocenters. The van der Waals surface area contributed by atoms with Crippen molar-refractivity contribution in [1.82, 2.24) is 10.2 Å². The van der Waals surface area contributed by atoms with Crippen LogP contribution in [0.2, 0.25) is 0 Å². The third kappa shape index (κ3) is 1.98. The quantitative estimate of drug-likeness (QED) is 0.832. The summed E-state index contributed by atoms with van der Waals surface area (Å²) in [5.74, 6) is 0. The van der Waals surface area contributed by atoms with Gasteiger partial charge in [0, 0.05) is 17.8 Å². The first-order chi connectivity index (χ1) is 8.04. The Morgan fingerprint density at radius 2 is 1.71 bits per heavy atom. The molecule has 3 N–H and O–H groups in total. The van der Waals surface area contributed by atoms with E-state index < -0.39 is 0 Å². The standard InChI is InChI=1S/C14H19N3/c1-8-5-10(3)12(6-9(8)2)14-11(4)16-17-13(14)7-15/h5-6H,7,15H2,1-4H3,(H,16,17). The van der Waals surface area contributed by atoms with Gasteiger partial charge in [-0.1, -0.05) is 12.1 Å². The Morgan fingerprint density at radius 1 is 1.06 bits per heavy atom. The highest BCUT2D eigenvalue weighted by Crippen LogP contribution is 2.30. The fraction of sp³-hybridized carbons (Fsp3) is 0.357. The zero-order chi connectivity index (χ0) is 12.6. The molecule has 0 radical (unpaired) electrons. The lowest BCUT2D eigenvalue weighted by atomic mass is 9.94. The summed E-state index contributed by atoms with van der Waals surface area (Å²) in [6.45, 7) is 8.91. The number of aromatic amines is 1. The van der Waals surface area contributed by atoms with Crippen molar-refractivity contribution in [3.63, 3.8) is 0 Å². The predicted octanol–water partition coefficient (Wildman–Crippen LogP) is 2.77. The van der Waals surface area contributed by atoms with E-state index in [0.29, 0.717) is 6.54 Å². The SMILES string of the molecule is Cc1cc(C)c(-c2c(CN)n[nH]c2C)cc1C. The fourth-order valence-electron chi connectivity index (χ4n) is 2.21. The molecule has 0 aliphatic carbocycles. The second-order valence-corrected chi connectivity index (χ2v) is 4.63. The number of aryl methyl sites for hydroxylation is 4. The summed E-state index contributed by atoms with van der Waals surface area (Å²) < 4.78 is 0. The summed E-state index contributed by atoms with van der Waals surface area (Å²) in [5.41, 5.74) is 14.0. The van der Waals surface area contributed by atoms with E-state index in [1.165, 1.54) is 22.3 Å². The van der Waals surface area contributed by atoms with Crippen LogP contribution in [0.1, 0.15) is 28.1 Å². The lowest BCUT2D eigenvalue weighted by Crippen LogP contribution is -2.00. The molecule has 1 aromatic carbocycles. The molecule has 0 aliphatic rings. The van der Waals surface area contributed by atoms with Crippen molar-refractivity contribution in [1.29, 1.82) is 0 Å². The smallest absolute Gasteiger partial charge is 0.0838 e. The number of nitrogens with two attached hydrogens (primary N) is 1. The van der Waals surface area contributed by atoms with E-state index in [0.717, 1.165) is 17.0 Å². The number of benzene rings is 1. The van der Waals surface area contributed by atoms with E-state index in [9.17, 15) is 0 Å². The van der Waals surface area contributed by atoms with Crippen LogP contribution in [0.15, 0.2) is 12.1 Å². The Labute approximate surface area is 102 Å². The molecule has 1 heterocycles. The molecule has 0 saturated carbocycles. The van der Waals surface area contributed by atoms with E-state index in [4.69, 9.17) is 5.73 Å². The van der Waals surface area contributed by atoms with Gasteiger partial charge in [-0.05, 0) is 49.9 Å². The van der Waals surface area contributed by atoms with Crippen molar-refractivity contribution in [2.24, 2.45) is 5.73 Å². The van der Waals surface area contributed by atoms with Gasteiger partial charge in [-0.2, -0.15) is 5.10 Å². The number of nitrogens with one attached hydrogen (secondary N) is 1. The number of hydrogen-bond acceptors (Lipinski definition) is 2. The Hall–Kier alpha value is -1.61.